The predicted molar refractivity (Wildman–Crippen MR) is 68.4 cm³/mol. The summed E-state index contributed by atoms with van der Waals surface area (Å²) in [4.78, 5) is 12.0. The van der Waals surface area contributed by atoms with E-state index in [-0.39, 0.29) is 24.2 Å². The summed E-state index contributed by atoms with van der Waals surface area (Å²) in [6, 6.07) is 6.15. The fraction of sp³-hybridized carbons (Fsp3) is 0.500. The lowest BCUT2D eigenvalue weighted by Gasteiger charge is -2.30. The molecule has 0 spiro atoms. The van der Waals surface area contributed by atoms with E-state index in [1.165, 1.54) is 13.2 Å². The van der Waals surface area contributed by atoms with Gasteiger partial charge in [-0.05, 0) is 37.9 Å². The number of halogens is 1. The number of benzene rings is 1. The molecular weight excluding hydrogens is 249 g/mol. The van der Waals surface area contributed by atoms with Crippen LogP contribution < -0.4 is 10.1 Å². The lowest BCUT2D eigenvalue weighted by Crippen LogP contribution is -2.57. The Hall–Kier alpha value is -1.62. The number of esters is 1. The molecule has 0 aliphatic heterocycles. The SMILES string of the molecule is CNC(COc1ccccc1F)(C(=O)OC)C1CC1. The monoisotopic (exact) mass is 267 g/mol. The molecule has 1 unspecified atom stereocenters. The Kier molecular flexibility index (Phi) is 4.04. The summed E-state index contributed by atoms with van der Waals surface area (Å²) in [7, 11) is 3.04. The van der Waals surface area contributed by atoms with Crippen LogP contribution >= 0.6 is 0 Å². The number of para-hydroxylation sites is 1. The van der Waals surface area contributed by atoms with Crippen LogP contribution in [-0.2, 0) is 9.53 Å². The van der Waals surface area contributed by atoms with Crippen molar-refractivity contribution in [3.05, 3.63) is 30.1 Å². The molecular formula is C14H18FNO3. The molecule has 1 N–H and O–H groups in total. The number of likely N-dealkylation sites (N-methyl/N-ethyl adjacent to an activating group) is 1. The van der Waals surface area contributed by atoms with Crippen molar-refractivity contribution in [1.29, 1.82) is 0 Å². The number of methoxy groups -OCH3 is 1. The second-order valence-electron chi connectivity index (χ2n) is 4.71. The van der Waals surface area contributed by atoms with Crippen LogP contribution in [0.15, 0.2) is 24.3 Å². The molecule has 5 heteroatoms. The van der Waals surface area contributed by atoms with Gasteiger partial charge in [0.05, 0.1) is 7.11 Å². The minimum Gasteiger partial charge on any atom is -0.488 e. The number of ether oxygens (including phenoxy) is 2. The van der Waals surface area contributed by atoms with Crippen molar-refractivity contribution >= 4 is 5.97 Å². The smallest absolute Gasteiger partial charge is 0.329 e. The molecule has 4 nitrogen and oxygen atoms in total. The van der Waals surface area contributed by atoms with Crippen LogP contribution in [0, 0.1) is 11.7 Å². The van der Waals surface area contributed by atoms with Gasteiger partial charge in [0.2, 0.25) is 0 Å². The number of carbonyl (C=O) groups excluding carboxylic acids is 1. The summed E-state index contributed by atoms with van der Waals surface area (Å²) in [6.45, 7) is 0.0573. The molecule has 1 fully saturated rings. The molecule has 1 saturated carbocycles. The zero-order valence-corrected chi connectivity index (χ0v) is 11.1. The zero-order chi connectivity index (χ0) is 13.9. The number of rotatable bonds is 6. The van der Waals surface area contributed by atoms with Crippen molar-refractivity contribution in [3.63, 3.8) is 0 Å². The van der Waals surface area contributed by atoms with E-state index in [2.05, 4.69) is 5.32 Å². The molecule has 2 rings (SSSR count). The molecule has 0 radical (unpaired) electrons. The average Bonchev–Trinajstić information content (AvgIpc) is 3.26. The number of carbonyl (C=O) groups is 1. The van der Waals surface area contributed by atoms with Gasteiger partial charge < -0.3 is 14.8 Å². The van der Waals surface area contributed by atoms with Crippen LogP contribution in [0.2, 0.25) is 0 Å². The molecule has 1 aliphatic carbocycles. The van der Waals surface area contributed by atoms with Crippen molar-refractivity contribution in [2.75, 3.05) is 20.8 Å². The summed E-state index contributed by atoms with van der Waals surface area (Å²) in [5.41, 5.74) is -0.892. The Balaban J connectivity index is 2.13. The quantitative estimate of drug-likeness (QED) is 0.798. The van der Waals surface area contributed by atoms with Gasteiger partial charge in [-0.15, -0.1) is 0 Å². The maximum absolute atomic E-state index is 13.5. The third-order valence-electron chi connectivity index (χ3n) is 3.56. The van der Waals surface area contributed by atoms with Crippen molar-refractivity contribution in [2.24, 2.45) is 5.92 Å². The molecule has 0 amide bonds. The van der Waals surface area contributed by atoms with Gasteiger partial charge in [0.25, 0.3) is 0 Å². The van der Waals surface area contributed by atoms with Gasteiger partial charge in [-0.25, -0.2) is 9.18 Å². The zero-order valence-electron chi connectivity index (χ0n) is 11.1. The standard InChI is InChI=1S/C14H18FNO3/c1-16-14(10-7-8-10,13(17)18-2)9-19-12-6-4-3-5-11(12)15/h3-6,10,16H,7-9H2,1-2H3. The summed E-state index contributed by atoms with van der Waals surface area (Å²) >= 11 is 0. The molecule has 104 valence electrons. The normalized spacial score (nSPS) is 17.6. The molecule has 19 heavy (non-hydrogen) atoms. The Morgan fingerprint density at radius 3 is 2.68 bits per heavy atom. The number of hydrogen-bond donors (Lipinski definition) is 1. The topological polar surface area (TPSA) is 47.6 Å². The maximum Gasteiger partial charge on any atom is 0.329 e. The lowest BCUT2D eigenvalue weighted by molar-refractivity contribution is -0.151. The van der Waals surface area contributed by atoms with E-state index >= 15 is 0 Å². The Bertz CT molecular complexity index is 462. The predicted octanol–water partition coefficient (Wildman–Crippen LogP) is 1.75. The van der Waals surface area contributed by atoms with Crippen LogP contribution in [0.1, 0.15) is 12.8 Å². The van der Waals surface area contributed by atoms with E-state index in [0.717, 1.165) is 12.8 Å². The molecule has 0 heterocycles. The van der Waals surface area contributed by atoms with Crippen LogP contribution in [0.25, 0.3) is 0 Å². The number of hydrogen-bond acceptors (Lipinski definition) is 4. The second kappa shape index (κ2) is 5.57. The highest BCUT2D eigenvalue weighted by atomic mass is 19.1. The first kappa shape index (κ1) is 13.8. The van der Waals surface area contributed by atoms with E-state index < -0.39 is 11.4 Å². The van der Waals surface area contributed by atoms with Gasteiger partial charge in [-0.2, -0.15) is 0 Å². The second-order valence-corrected chi connectivity index (χ2v) is 4.71. The Morgan fingerprint density at radius 1 is 1.47 bits per heavy atom. The van der Waals surface area contributed by atoms with Gasteiger partial charge in [-0.1, -0.05) is 12.1 Å². The van der Waals surface area contributed by atoms with Crippen molar-refractivity contribution < 1.29 is 18.7 Å². The van der Waals surface area contributed by atoms with E-state index in [1.54, 1.807) is 25.2 Å². The molecule has 1 aromatic rings. The first-order valence-corrected chi connectivity index (χ1v) is 6.28. The summed E-state index contributed by atoms with van der Waals surface area (Å²) in [6.07, 6.45) is 1.88. The van der Waals surface area contributed by atoms with Gasteiger partial charge in [0, 0.05) is 0 Å². The minimum absolute atomic E-state index is 0.0573. The Labute approximate surface area is 111 Å². The van der Waals surface area contributed by atoms with E-state index in [1.807, 2.05) is 0 Å². The van der Waals surface area contributed by atoms with Gasteiger partial charge >= 0.3 is 5.97 Å². The van der Waals surface area contributed by atoms with E-state index in [0.29, 0.717) is 0 Å². The Morgan fingerprint density at radius 2 is 2.16 bits per heavy atom. The maximum atomic E-state index is 13.5. The molecule has 0 saturated heterocycles. The van der Waals surface area contributed by atoms with E-state index in [4.69, 9.17) is 9.47 Å². The highest BCUT2D eigenvalue weighted by molar-refractivity contribution is 5.82. The molecule has 0 bridgehead atoms. The van der Waals surface area contributed by atoms with Gasteiger partial charge in [-0.3, -0.25) is 0 Å². The van der Waals surface area contributed by atoms with Crippen LogP contribution in [0.4, 0.5) is 4.39 Å². The molecule has 1 aromatic carbocycles. The third-order valence-corrected chi connectivity index (χ3v) is 3.56. The highest BCUT2D eigenvalue weighted by Gasteiger charge is 2.51. The minimum atomic E-state index is -0.892. The van der Waals surface area contributed by atoms with Crippen molar-refractivity contribution in [2.45, 2.75) is 18.4 Å². The molecule has 0 aromatic heterocycles. The summed E-state index contributed by atoms with van der Waals surface area (Å²) in [5, 5.41) is 3.00. The fourth-order valence-electron chi connectivity index (χ4n) is 2.23. The highest BCUT2D eigenvalue weighted by Crippen LogP contribution is 2.40. The summed E-state index contributed by atoms with van der Waals surface area (Å²) < 4.78 is 23.8. The largest absolute Gasteiger partial charge is 0.488 e. The first-order chi connectivity index (χ1) is 9.14. The van der Waals surface area contributed by atoms with Crippen molar-refractivity contribution in [3.8, 4) is 5.75 Å². The lowest BCUT2D eigenvalue weighted by atomic mass is 9.94. The van der Waals surface area contributed by atoms with Gasteiger partial charge in [0.1, 0.15) is 6.61 Å². The van der Waals surface area contributed by atoms with Crippen LogP contribution in [-0.4, -0.2) is 32.3 Å². The van der Waals surface area contributed by atoms with Crippen molar-refractivity contribution in [1.82, 2.24) is 5.32 Å². The average molecular weight is 267 g/mol. The van der Waals surface area contributed by atoms with Crippen LogP contribution in [0.3, 0.4) is 0 Å². The number of nitrogens with one attached hydrogen (secondary N) is 1. The van der Waals surface area contributed by atoms with Crippen LogP contribution in [0.5, 0.6) is 5.75 Å². The van der Waals surface area contributed by atoms with E-state index in [9.17, 15) is 9.18 Å². The summed E-state index contributed by atoms with van der Waals surface area (Å²) in [5.74, 6) is -0.481. The first-order valence-electron chi connectivity index (χ1n) is 6.28. The third kappa shape index (κ3) is 2.71. The van der Waals surface area contributed by atoms with Gasteiger partial charge in [0.15, 0.2) is 17.1 Å². The fourth-order valence-corrected chi connectivity index (χ4v) is 2.23. The molecule has 1 atom stereocenters. The molecule has 1 aliphatic rings.